The van der Waals surface area contributed by atoms with E-state index in [0.717, 1.165) is 43.4 Å². The molecular weight excluding hydrogens is 356 g/mol. The fourth-order valence-corrected chi connectivity index (χ4v) is 4.15. The number of hydrogen-bond acceptors (Lipinski definition) is 5. The van der Waals surface area contributed by atoms with Gasteiger partial charge in [-0.15, -0.1) is 0 Å². The molecule has 4 rings (SSSR count). The maximum atomic E-state index is 13.0. The molecule has 148 valence electrons. The van der Waals surface area contributed by atoms with Crippen molar-refractivity contribution in [2.75, 3.05) is 13.7 Å². The predicted molar refractivity (Wildman–Crippen MR) is 104 cm³/mol. The number of amides is 3. The van der Waals surface area contributed by atoms with Crippen LogP contribution in [0.2, 0.25) is 0 Å². The molecule has 1 aliphatic heterocycles. The zero-order chi connectivity index (χ0) is 19.7. The molecule has 1 saturated heterocycles. The second-order valence-electron chi connectivity index (χ2n) is 7.81. The zero-order valence-corrected chi connectivity index (χ0v) is 16.3. The van der Waals surface area contributed by atoms with Crippen LogP contribution in [0.15, 0.2) is 36.9 Å². The molecule has 0 unspecified atom stereocenters. The SMILES string of the molecule is C[C@@H](c1ccc(-n2cncn2)cc1)N(C)CN1C(=O)NC2(CCCCC2)C1=O. The summed E-state index contributed by atoms with van der Waals surface area (Å²) in [5, 5.41) is 7.10. The van der Waals surface area contributed by atoms with Crippen LogP contribution in [0.5, 0.6) is 0 Å². The molecule has 1 saturated carbocycles. The highest BCUT2D eigenvalue weighted by atomic mass is 16.2. The van der Waals surface area contributed by atoms with E-state index >= 15 is 0 Å². The molecule has 1 aliphatic carbocycles. The first kappa shape index (κ1) is 18.6. The summed E-state index contributed by atoms with van der Waals surface area (Å²) in [4.78, 5) is 32.8. The third-order valence-electron chi connectivity index (χ3n) is 6.04. The second-order valence-corrected chi connectivity index (χ2v) is 7.81. The smallest absolute Gasteiger partial charge is 0.323 e. The van der Waals surface area contributed by atoms with Crippen molar-refractivity contribution in [2.45, 2.75) is 50.6 Å². The summed E-state index contributed by atoms with van der Waals surface area (Å²) < 4.78 is 1.70. The Labute approximate surface area is 164 Å². The van der Waals surface area contributed by atoms with E-state index in [1.807, 2.05) is 36.2 Å². The van der Waals surface area contributed by atoms with Gasteiger partial charge in [-0.2, -0.15) is 5.10 Å². The largest absolute Gasteiger partial charge is 0.326 e. The van der Waals surface area contributed by atoms with Crippen molar-refractivity contribution in [2.24, 2.45) is 0 Å². The average Bonchev–Trinajstić information content (AvgIpc) is 3.32. The van der Waals surface area contributed by atoms with Gasteiger partial charge in [0.15, 0.2) is 0 Å². The topological polar surface area (TPSA) is 83.4 Å². The lowest BCUT2D eigenvalue weighted by molar-refractivity contribution is -0.134. The van der Waals surface area contributed by atoms with E-state index in [0.29, 0.717) is 0 Å². The first-order valence-electron chi connectivity index (χ1n) is 9.79. The fraction of sp³-hybridized carbons (Fsp3) is 0.500. The quantitative estimate of drug-likeness (QED) is 0.803. The predicted octanol–water partition coefficient (Wildman–Crippen LogP) is 2.47. The van der Waals surface area contributed by atoms with E-state index in [1.54, 1.807) is 11.0 Å². The number of urea groups is 1. The van der Waals surface area contributed by atoms with Crippen molar-refractivity contribution < 1.29 is 9.59 Å². The summed E-state index contributed by atoms with van der Waals surface area (Å²) in [5.41, 5.74) is 1.37. The van der Waals surface area contributed by atoms with Crippen molar-refractivity contribution in [1.82, 2.24) is 29.9 Å². The summed E-state index contributed by atoms with van der Waals surface area (Å²) >= 11 is 0. The Kier molecular flexibility index (Phi) is 4.89. The molecule has 1 spiro atoms. The van der Waals surface area contributed by atoms with Crippen LogP contribution in [-0.2, 0) is 4.79 Å². The Hall–Kier alpha value is -2.74. The van der Waals surface area contributed by atoms with Crippen molar-refractivity contribution in [3.8, 4) is 5.69 Å². The van der Waals surface area contributed by atoms with E-state index in [-0.39, 0.29) is 24.6 Å². The Morgan fingerprint density at radius 1 is 1.18 bits per heavy atom. The van der Waals surface area contributed by atoms with Crippen LogP contribution in [-0.4, -0.2) is 55.8 Å². The van der Waals surface area contributed by atoms with Gasteiger partial charge in [-0.25, -0.2) is 19.4 Å². The third-order valence-corrected chi connectivity index (χ3v) is 6.04. The van der Waals surface area contributed by atoms with Crippen molar-refractivity contribution in [1.29, 1.82) is 0 Å². The lowest BCUT2D eigenvalue weighted by Gasteiger charge is -2.32. The molecule has 3 amide bonds. The van der Waals surface area contributed by atoms with Gasteiger partial charge in [0.1, 0.15) is 18.2 Å². The number of carbonyl (C=O) groups excluding carboxylic acids is 2. The van der Waals surface area contributed by atoms with Gasteiger partial charge in [0.25, 0.3) is 5.91 Å². The maximum Gasteiger partial charge on any atom is 0.326 e. The number of hydrogen-bond donors (Lipinski definition) is 1. The average molecular weight is 382 g/mol. The molecule has 1 atom stereocenters. The summed E-state index contributed by atoms with van der Waals surface area (Å²) in [6, 6.07) is 7.82. The molecule has 0 bridgehead atoms. The molecule has 28 heavy (non-hydrogen) atoms. The van der Waals surface area contributed by atoms with Crippen LogP contribution in [0.25, 0.3) is 5.69 Å². The molecule has 2 aromatic rings. The Balaban J connectivity index is 1.43. The molecule has 8 heteroatoms. The standard InChI is InChI=1S/C20H26N6O2/c1-15(16-6-8-17(9-7-16)26-13-21-12-22-26)24(2)14-25-18(27)20(23-19(25)28)10-4-3-5-11-20/h6-9,12-13,15H,3-5,10-11,14H2,1-2H3,(H,23,28)/t15-/m0/s1. The highest BCUT2D eigenvalue weighted by Gasteiger charge is 2.51. The minimum atomic E-state index is -0.668. The summed E-state index contributed by atoms with van der Waals surface area (Å²) in [7, 11) is 1.93. The first-order valence-corrected chi connectivity index (χ1v) is 9.79. The van der Waals surface area contributed by atoms with Gasteiger partial charge >= 0.3 is 6.03 Å². The van der Waals surface area contributed by atoms with Gasteiger partial charge in [0, 0.05) is 6.04 Å². The van der Waals surface area contributed by atoms with Crippen LogP contribution in [0.1, 0.15) is 50.6 Å². The van der Waals surface area contributed by atoms with E-state index in [9.17, 15) is 9.59 Å². The molecule has 1 aromatic carbocycles. The van der Waals surface area contributed by atoms with Gasteiger partial charge < -0.3 is 5.32 Å². The van der Waals surface area contributed by atoms with Crippen LogP contribution < -0.4 is 5.32 Å². The van der Waals surface area contributed by atoms with Crippen LogP contribution in [0.4, 0.5) is 4.79 Å². The van der Waals surface area contributed by atoms with E-state index in [4.69, 9.17) is 0 Å². The normalized spacial score (nSPS) is 20.0. The van der Waals surface area contributed by atoms with E-state index in [2.05, 4.69) is 22.3 Å². The molecule has 1 N–H and O–H groups in total. The van der Waals surface area contributed by atoms with Crippen molar-refractivity contribution in [3.63, 3.8) is 0 Å². The third kappa shape index (κ3) is 3.28. The van der Waals surface area contributed by atoms with Gasteiger partial charge in [-0.05, 0) is 44.5 Å². The zero-order valence-electron chi connectivity index (χ0n) is 16.3. The molecule has 2 aliphatic rings. The van der Waals surface area contributed by atoms with E-state index in [1.165, 1.54) is 11.2 Å². The van der Waals surface area contributed by atoms with Gasteiger partial charge in [0.05, 0.1) is 12.4 Å². The molecule has 1 aromatic heterocycles. The van der Waals surface area contributed by atoms with E-state index < -0.39 is 5.54 Å². The summed E-state index contributed by atoms with van der Waals surface area (Å²) in [5.74, 6) is -0.0715. The minimum absolute atomic E-state index is 0.0494. The number of imide groups is 1. The Bertz CT molecular complexity index is 842. The monoisotopic (exact) mass is 382 g/mol. The minimum Gasteiger partial charge on any atom is -0.323 e. The van der Waals surface area contributed by atoms with Gasteiger partial charge in [-0.1, -0.05) is 31.4 Å². The molecular formula is C20H26N6O2. The Morgan fingerprint density at radius 3 is 2.54 bits per heavy atom. The highest BCUT2D eigenvalue weighted by molar-refractivity contribution is 6.07. The number of nitrogens with one attached hydrogen (secondary N) is 1. The summed E-state index contributed by atoms with van der Waals surface area (Å²) in [6.45, 7) is 2.34. The van der Waals surface area contributed by atoms with Gasteiger partial charge in [-0.3, -0.25) is 9.69 Å². The lowest BCUT2D eigenvalue weighted by Crippen LogP contribution is -2.49. The molecule has 0 radical (unpaired) electrons. The second kappa shape index (κ2) is 7.35. The number of nitrogens with zero attached hydrogens (tertiary/aromatic N) is 5. The van der Waals surface area contributed by atoms with Gasteiger partial charge in [0.2, 0.25) is 0 Å². The highest BCUT2D eigenvalue weighted by Crippen LogP contribution is 2.34. The lowest BCUT2D eigenvalue weighted by atomic mass is 9.82. The number of rotatable bonds is 5. The molecule has 8 nitrogen and oxygen atoms in total. The van der Waals surface area contributed by atoms with Crippen molar-refractivity contribution in [3.05, 3.63) is 42.5 Å². The summed E-state index contributed by atoms with van der Waals surface area (Å²) in [6.07, 6.45) is 7.76. The van der Waals surface area contributed by atoms with Crippen LogP contribution in [0, 0.1) is 0 Å². The van der Waals surface area contributed by atoms with Crippen molar-refractivity contribution >= 4 is 11.9 Å². The fourth-order valence-electron chi connectivity index (χ4n) is 4.15. The Morgan fingerprint density at radius 2 is 1.89 bits per heavy atom. The number of aromatic nitrogens is 3. The van der Waals surface area contributed by atoms with Crippen LogP contribution in [0.3, 0.4) is 0 Å². The molecule has 2 fully saturated rings. The number of benzene rings is 1. The maximum absolute atomic E-state index is 13.0. The molecule has 2 heterocycles. The van der Waals surface area contributed by atoms with Crippen LogP contribution >= 0.6 is 0 Å². The first-order chi connectivity index (χ1) is 13.5. The number of carbonyl (C=O) groups is 2.